The number of rotatable bonds is 15. The van der Waals surface area contributed by atoms with Crippen LogP contribution in [-0.2, 0) is 38.0 Å². The Morgan fingerprint density at radius 1 is 0.588 bits per heavy atom. The second-order valence-corrected chi connectivity index (χ2v) is 5.49. The van der Waals surface area contributed by atoms with Crippen LogP contribution >= 0.6 is 0 Å². The number of aliphatic hydroxyl groups is 2. The van der Waals surface area contributed by atoms with Crippen LogP contribution in [0.2, 0.25) is 0 Å². The molecule has 0 heterocycles. The van der Waals surface area contributed by atoms with Gasteiger partial charge in [0.15, 0.2) is 0 Å². The van der Waals surface area contributed by atoms with E-state index in [1.165, 1.54) is 0 Å². The Balaban J connectivity index is -0.0000000671. The molecule has 0 aliphatic rings. The van der Waals surface area contributed by atoms with E-state index >= 15 is 0 Å². The molecule has 0 saturated heterocycles. The Bertz CT molecular complexity index is 399. The summed E-state index contributed by atoms with van der Waals surface area (Å²) in [5, 5.41) is 15.2. The molecule has 0 aromatic rings. The summed E-state index contributed by atoms with van der Waals surface area (Å²) < 4.78 is 29.2. The van der Waals surface area contributed by atoms with Crippen LogP contribution in [0.1, 0.15) is 43.6 Å². The Hall–Kier alpha value is -1.82. The zero-order valence-corrected chi connectivity index (χ0v) is 18.6. The van der Waals surface area contributed by atoms with Crippen molar-refractivity contribution in [1.82, 2.24) is 0 Å². The number of hydrogen-bond donors (Lipinski definition) is 2. The Kier molecular flexibility index (Phi) is 60.1. The van der Waals surface area contributed by atoms with Gasteiger partial charge in [0.25, 0.3) is 0 Å². The molecule has 0 aromatic heterocycles. The fourth-order valence-electron chi connectivity index (χ4n) is 1.12. The summed E-state index contributed by atoms with van der Waals surface area (Å²) >= 11 is 0. The highest BCUT2D eigenvalue weighted by Gasteiger charge is 2.02. The number of carbonyl (C=O) groups is 2. The first-order valence-corrected chi connectivity index (χ1v) is 9.28. The van der Waals surface area contributed by atoms with Gasteiger partial charge in [0, 0.05) is 25.4 Å². The molecular formula is C24H54O10. The van der Waals surface area contributed by atoms with Gasteiger partial charge in [-0.25, -0.2) is 9.59 Å². The second kappa shape index (κ2) is 41.4. The van der Waals surface area contributed by atoms with Crippen LogP contribution in [0.5, 0.6) is 0 Å². The van der Waals surface area contributed by atoms with Gasteiger partial charge in [-0.2, -0.15) is 0 Å². The molecular weight excluding hydrogens is 448 g/mol. The number of hydrogen-bond acceptors (Lipinski definition) is 10. The van der Waals surface area contributed by atoms with E-state index in [-0.39, 0.29) is 68.1 Å². The molecule has 10 nitrogen and oxygen atoms in total. The molecule has 0 saturated carbocycles. The van der Waals surface area contributed by atoms with E-state index in [9.17, 15) is 9.59 Å². The molecule has 0 radical (unpaired) electrons. The summed E-state index contributed by atoms with van der Waals surface area (Å²) in [7, 11) is 3.20. The molecule has 0 aliphatic carbocycles. The molecule has 0 bridgehead atoms. The molecule has 210 valence electrons. The van der Waals surface area contributed by atoms with Crippen LogP contribution in [0, 0.1) is 0 Å². The minimum atomic E-state index is -0.379. The zero-order chi connectivity index (χ0) is 23.6. The monoisotopic (exact) mass is 502 g/mol. The number of methoxy groups -OCH3 is 2. The van der Waals surface area contributed by atoms with Crippen molar-refractivity contribution in [2.24, 2.45) is 0 Å². The zero-order valence-electron chi connectivity index (χ0n) is 18.6. The molecule has 0 aliphatic heterocycles. The minimum Gasteiger partial charge on any atom is -0.460 e. The van der Waals surface area contributed by atoms with Crippen LogP contribution in [0.15, 0.2) is 24.3 Å². The smallest absolute Gasteiger partial charge is 0.333 e. The van der Waals surface area contributed by atoms with E-state index in [4.69, 9.17) is 38.6 Å². The maximum Gasteiger partial charge on any atom is 0.333 e. The van der Waals surface area contributed by atoms with Crippen molar-refractivity contribution < 1.29 is 48.2 Å². The van der Waals surface area contributed by atoms with E-state index in [1.807, 2.05) is 0 Å². The van der Waals surface area contributed by atoms with E-state index in [1.54, 1.807) is 28.1 Å². The van der Waals surface area contributed by atoms with Crippen molar-refractivity contribution in [1.29, 1.82) is 0 Å². The van der Waals surface area contributed by atoms with Gasteiger partial charge < -0.3 is 38.6 Å². The van der Waals surface area contributed by atoms with Gasteiger partial charge in [-0.1, -0.05) is 42.9 Å². The van der Waals surface area contributed by atoms with Gasteiger partial charge in [0.2, 0.25) is 0 Å². The van der Waals surface area contributed by atoms with E-state index in [0.29, 0.717) is 50.8 Å². The van der Waals surface area contributed by atoms with Crippen molar-refractivity contribution in [3.05, 3.63) is 24.3 Å². The summed E-state index contributed by atoms with van der Waals surface area (Å²) in [6, 6.07) is 0. The van der Waals surface area contributed by atoms with E-state index in [0.717, 1.165) is 0 Å². The summed E-state index contributed by atoms with van der Waals surface area (Å²) in [4.78, 5) is 21.7. The first-order valence-electron chi connectivity index (χ1n) is 9.28. The van der Waals surface area contributed by atoms with Gasteiger partial charge in [-0.3, -0.25) is 0 Å². The van der Waals surface area contributed by atoms with Crippen molar-refractivity contribution in [3.63, 3.8) is 0 Å². The lowest BCUT2D eigenvalue weighted by molar-refractivity contribution is -0.141. The Morgan fingerprint density at radius 2 is 0.853 bits per heavy atom. The topological polar surface area (TPSA) is 130 Å². The van der Waals surface area contributed by atoms with Crippen LogP contribution in [-0.4, -0.2) is 102 Å². The average molecular weight is 503 g/mol. The standard InChI is InChI=1S/2C9H16O4.C2H6O2.4CH4/c2*1-8(2)9(10)13-7-6-12-5-4-11-3;3-1-2-4;;;;/h2*1,4-7H2,2-3H3;3-4H,1-2H2;4*1H4. The summed E-state index contributed by atoms with van der Waals surface area (Å²) in [6.45, 7) is 13.3. The van der Waals surface area contributed by atoms with Crippen LogP contribution in [0.25, 0.3) is 0 Å². The molecule has 0 fully saturated rings. The third-order valence-electron chi connectivity index (χ3n) is 2.58. The summed E-state index contributed by atoms with van der Waals surface area (Å²) in [6.07, 6.45) is 0. The lowest BCUT2D eigenvalue weighted by atomic mass is 10.4. The summed E-state index contributed by atoms with van der Waals surface area (Å²) in [5.74, 6) is -0.759. The molecule has 10 heteroatoms. The predicted molar refractivity (Wildman–Crippen MR) is 138 cm³/mol. The van der Waals surface area contributed by atoms with Crippen molar-refractivity contribution in [2.75, 3.05) is 80.3 Å². The SMILES string of the molecule is C.C.C.C.C=C(C)C(=O)OCCOCCOC.C=C(C)C(=O)OCCOCCOC.OCCO. The fraction of sp³-hybridized carbons (Fsp3) is 0.750. The average Bonchev–Trinajstić information content (AvgIpc) is 2.73. The van der Waals surface area contributed by atoms with E-state index in [2.05, 4.69) is 13.2 Å². The molecule has 0 unspecified atom stereocenters. The van der Waals surface area contributed by atoms with Gasteiger partial charge >= 0.3 is 11.9 Å². The normalized spacial score (nSPS) is 8.29. The van der Waals surface area contributed by atoms with Crippen LogP contribution in [0.3, 0.4) is 0 Å². The third kappa shape index (κ3) is 47.8. The molecule has 0 amide bonds. The first kappa shape index (κ1) is 49.3. The highest BCUT2D eigenvalue weighted by molar-refractivity contribution is 5.87. The molecule has 34 heavy (non-hydrogen) atoms. The number of esters is 2. The Morgan fingerprint density at radius 3 is 1.06 bits per heavy atom. The van der Waals surface area contributed by atoms with Crippen molar-refractivity contribution in [2.45, 2.75) is 43.6 Å². The highest BCUT2D eigenvalue weighted by Crippen LogP contribution is 1.92. The molecule has 0 spiro atoms. The second-order valence-electron chi connectivity index (χ2n) is 5.49. The van der Waals surface area contributed by atoms with E-state index < -0.39 is 0 Å². The minimum absolute atomic E-state index is 0. The number of ether oxygens (including phenoxy) is 6. The van der Waals surface area contributed by atoms with Crippen molar-refractivity contribution in [3.8, 4) is 0 Å². The lowest BCUT2D eigenvalue weighted by Crippen LogP contribution is -2.12. The van der Waals surface area contributed by atoms with Gasteiger partial charge in [0.1, 0.15) is 13.2 Å². The van der Waals surface area contributed by atoms with Gasteiger partial charge in [-0.15, -0.1) is 0 Å². The largest absolute Gasteiger partial charge is 0.460 e. The third-order valence-corrected chi connectivity index (χ3v) is 2.58. The molecule has 0 rings (SSSR count). The quantitative estimate of drug-likeness (QED) is 0.196. The van der Waals surface area contributed by atoms with Gasteiger partial charge in [-0.05, 0) is 13.8 Å². The van der Waals surface area contributed by atoms with Crippen LogP contribution in [0.4, 0.5) is 0 Å². The fourth-order valence-corrected chi connectivity index (χ4v) is 1.12. The highest BCUT2D eigenvalue weighted by atomic mass is 16.6. The lowest BCUT2D eigenvalue weighted by Gasteiger charge is -2.04. The Labute approximate surface area is 208 Å². The number of carbonyl (C=O) groups excluding carboxylic acids is 2. The number of aliphatic hydroxyl groups excluding tert-OH is 2. The predicted octanol–water partition coefficient (Wildman–Crippen LogP) is 3.05. The first-order chi connectivity index (χ1) is 14.3. The van der Waals surface area contributed by atoms with Crippen molar-refractivity contribution >= 4 is 11.9 Å². The van der Waals surface area contributed by atoms with Crippen LogP contribution < -0.4 is 0 Å². The maximum absolute atomic E-state index is 10.8. The molecule has 2 N–H and O–H groups in total. The molecule has 0 atom stereocenters. The molecule has 0 aromatic carbocycles. The van der Waals surface area contributed by atoms with Gasteiger partial charge in [0.05, 0.1) is 52.9 Å². The maximum atomic E-state index is 10.8. The summed E-state index contributed by atoms with van der Waals surface area (Å²) in [5.41, 5.74) is 0.800.